The predicted octanol–water partition coefficient (Wildman–Crippen LogP) is 6.01. The van der Waals surface area contributed by atoms with Crippen molar-refractivity contribution in [3.8, 4) is 5.75 Å². The minimum atomic E-state index is -0.605. The molecule has 2 heterocycles. The van der Waals surface area contributed by atoms with Gasteiger partial charge in [0.2, 0.25) is 0 Å². The molecule has 5 rings (SSSR count). The molecule has 1 aliphatic carbocycles. The Morgan fingerprint density at radius 1 is 1.07 bits per heavy atom. The smallest absolute Gasteiger partial charge is 0.419 e. The summed E-state index contributed by atoms with van der Waals surface area (Å²) in [4.78, 5) is 27.6. The second kappa shape index (κ2) is 10.6. The number of benzene rings is 2. The lowest BCUT2D eigenvalue weighted by molar-refractivity contribution is -0.0874. The molecular formula is C32H40N2O6. The molecule has 2 aliphatic rings. The Bertz CT molecular complexity index is 1410. The van der Waals surface area contributed by atoms with Crippen LogP contribution in [-0.2, 0) is 16.0 Å². The van der Waals surface area contributed by atoms with Gasteiger partial charge >= 0.3 is 12.1 Å². The Hall–Kier alpha value is -3.36. The number of aliphatic hydroxyl groups is 1. The highest BCUT2D eigenvalue weighted by Gasteiger charge is 2.48. The first-order valence-electron chi connectivity index (χ1n) is 13.9. The number of aliphatic hydroxyl groups excluding tert-OH is 1. The number of aromatic nitrogens is 1. The van der Waals surface area contributed by atoms with E-state index >= 15 is 0 Å². The van der Waals surface area contributed by atoms with Gasteiger partial charge in [0.15, 0.2) is 0 Å². The van der Waals surface area contributed by atoms with Gasteiger partial charge in [-0.25, -0.2) is 9.59 Å². The van der Waals surface area contributed by atoms with Crippen molar-refractivity contribution >= 4 is 23.0 Å². The number of carbonyl (C=O) groups is 2. The van der Waals surface area contributed by atoms with E-state index in [0.717, 1.165) is 65.6 Å². The first-order chi connectivity index (χ1) is 18.9. The summed E-state index contributed by atoms with van der Waals surface area (Å²) in [5.74, 6) is 0.429. The molecule has 8 nitrogen and oxygen atoms in total. The number of rotatable bonds is 5. The molecule has 0 radical (unpaired) electrons. The Labute approximate surface area is 235 Å². The number of ether oxygens (including phenoxy) is 3. The molecule has 1 aromatic heterocycles. The highest BCUT2D eigenvalue weighted by atomic mass is 16.6. The second-order valence-corrected chi connectivity index (χ2v) is 12.4. The Morgan fingerprint density at radius 3 is 2.38 bits per heavy atom. The fourth-order valence-electron chi connectivity index (χ4n) is 6.54. The van der Waals surface area contributed by atoms with Crippen molar-refractivity contribution in [3.05, 3.63) is 64.8 Å². The molecule has 2 fully saturated rings. The summed E-state index contributed by atoms with van der Waals surface area (Å²) >= 11 is 0. The Kier molecular flexibility index (Phi) is 7.44. The van der Waals surface area contributed by atoms with Crippen LogP contribution in [0.5, 0.6) is 5.75 Å². The van der Waals surface area contributed by atoms with E-state index in [0.29, 0.717) is 12.1 Å². The van der Waals surface area contributed by atoms with Crippen LogP contribution in [0.25, 0.3) is 10.9 Å². The van der Waals surface area contributed by atoms with E-state index < -0.39 is 11.7 Å². The largest absolute Gasteiger partial charge is 0.496 e. The summed E-state index contributed by atoms with van der Waals surface area (Å²) in [6.07, 6.45) is 4.74. The van der Waals surface area contributed by atoms with Crippen LogP contribution in [0.3, 0.4) is 0 Å². The fraction of sp³-hybridized carbons (Fsp3) is 0.500. The molecule has 1 spiro atoms. The summed E-state index contributed by atoms with van der Waals surface area (Å²) in [6.45, 7) is 9.05. The molecule has 0 amide bonds. The van der Waals surface area contributed by atoms with Crippen molar-refractivity contribution in [2.45, 2.75) is 77.7 Å². The molecular weight excluding hydrogens is 508 g/mol. The number of methoxy groups -OCH3 is 2. The number of carbonyl (C=O) groups excluding carboxylic acids is 2. The lowest BCUT2D eigenvalue weighted by atomic mass is 9.59. The Balaban J connectivity index is 1.52. The maximum Gasteiger partial charge on any atom is 0.419 e. The molecule has 40 heavy (non-hydrogen) atoms. The van der Waals surface area contributed by atoms with Crippen LogP contribution in [0.2, 0.25) is 0 Å². The second-order valence-electron chi connectivity index (χ2n) is 12.4. The first-order valence-corrected chi connectivity index (χ1v) is 13.9. The van der Waals surface area contributed by atoms with Crippen molar-refractivity contribution in [1.82, 2.24) is 9.47 Å². The SMILES string of the molecule is COC(=O)c1ccc([C@@H]2CC3(CCN2Cc2c(OC)cc(C)c4c2ccn4C(=O)OC(C)(C)C)CC(O)C3)cc1. The molecule has 1 saturated carbocycles. The molecule has 0 unspecified atom stereocenters. The van der Waals surface area contributed by atoms with Gasteiger partial charge in [0.05, 0.1) is 31.4 Å². The normalized spacial score (nSPS) is 23.2. The maximum absolute atomic E-state index is 13.1. The average molecular weight is 549 g/mol. The van der Waals surface area contributed by atoms with E-state index in [9.17, 15) is 14.7 Å². The number of aryl methyl sites for hydroxylation is 1. The zero-order chi connectivity index (χ0) is 28.8. The first kappa shape index (κ1) is 28.2. The van der Waals surface area contributed by atoms with E-state index in [1.54, 1.807) is 17.9 Å². The van der Waals surface area contributed by atoms with Crippen LogP contribution in [0, 0.1) is 12.3 Å². The van der Waals surface area contributed by atoms with Crippen LogP contribution in [-0.4, -0.2) is 59.1 Å². The highest BCUT2D eigenvalue weighted by molar-refractivity contribution is 5.95. The van der Waals surface area contributed by atoms with E-state index in [2.05, 4.69) is 4.90 Å². The number of hydrogen-bond donors (Lipinski definition) is 1. The molecule has 1 saturated heterocycles. The minimum Gasteiger partial charge on any atom is -0.496 e. The van der Waals surface area contributed by atoms with Crippen LogP contribution in [0.4, 0.5) is 4.79 Å². The molecule has 1 aliphatic heterocycles. The average Bonchev–Trinajstić information content (AvgIpc) is 3.35. The van der Waals surface area contributed by atoms with Crippen molar-refractivity contribution in [2.75, 3.05) is 20.8 Å². The predicted molar refractivity (Wildman–Crippen MR) is 153 cm³/mol. The minimum absolute atomic E-state index is 0.0990. The van der Waals surface area contributed by atoms with Crippen LogP contribution in [0.15, 0.2) is 42.6 Å². The van der Waals surface area contributed by atoms with Crippen molar-refractivity contribution in [2.24, 2.45) is 5.41 Å². The van der Waals surface area contributed by atoms with E-state index in [-0.39, 0.29) is 23.5 Å². The molecule has 2 aromatic carbocycles. The third kappa shape index (κ3) is 5.34. The topological polar surface area (TPSA) is 90.2 Å². The number of hydrogen-bond acceptors (Lipinski definition) is 7. The van der Waals surface area contributed by atoms with Gasteiger partial charge in [-0.3, -0.25) is 9.47 Å². The van der Waals surface area contributed by atoms with Gasteiger partial charge < -0.3 is 19.3 Å². The van der Waals surface area contributed by atoms with Crippen LogP contribution >= 0.6 is 0 Å². The van der Waals surface area contributed by atoms with Gasteiger partial charge in [0.1, 0.15) is 11.4 Å². The molecule has 0 bridgehead atoms. The maximum atomic E-state index is 13.1. The van der Waals surface area contributed by atoms with Gasteiger partial charge in [-0.1, -0.05) is 12.1 Å². The monoisotopic (exact) mass is 548 g/mol. The van der Waals surface area contributed by atoms with Gasteiger partial charge in [-0.15, -0.1) is 0 Å². The number of fused-ring (bicyclic) bond motifs is 1. The molecule has 1 atom stereocenters. The zero-order valence-corrected chi connectivity index (χ0v) is 24.3. The summed E-state index contributed by atoms with van der Waals surface area (Å²) in [5.41, 5.74) is 3.95. The molecule has 3 aromatic rings. The fourth-order valence-corrected chi connectivity index (χ4v) is 6.54. The highest BCUT2D eigenvalue weighted by Crippen LogP contribution is 2.54. The zero-order valence-electron chi connectivity index (χ0n) is 24.3. The van der Waals surface area contributed by atoms with Crippen molar-refractivity contribution in [3.63, 3.8) is 0 Å². The van der Waals surface area contributed by atoms with Crippen LogP contribution < -0.4 is 4.74 Å². The number of esters is 1. The number of piperidine rings is 1. The molecule has 8 heteroatoms. The summed E-state index contributed by atoms with van der Waals surface area (Å²) < 4.78 is 18.0. The molecule has 1 N–H and O–H groups in total. The quantitative estimate of drug-likeness (QED) is 0.391. The lowest BCUT2D eigenvalue weighted by Gasteiger charge is -2.54. The molecule has 214 valence electrons. The van der Waals surface area contributed by atoms with E-state index in [4.69, 9.17) is 14.2 Å². The van der Waals surface area contributed by atoms with Gasteiger partial charge in [-0.2, -0.15) is 0 Å². The standard InChI is InChI=1S/C32H40N2O6/c1-20-15-27(38-5)25(24-11-13-34(28(20)24)30(37)40-31(2,3)4)19-33-14-12-32(16-23(35)17-32)18-26(33)21-7-9-22(10-8-21)29(36)39-6/h7-11,13,15,23,26,35H,12,14,16-19H2,1-6H3/t23?,26-,32?/m0/s1. The summed E-state index contributed by atoms with van der Waals surface area (Å²) in [5, 5.41) is 11.1. The third-order valence-corrected chi connectivity index (χ3v) is 8.45. The van der Waals surface area contributed by atoms with E-state index in [1.807, 2.05) is 64.1 Å². The third-order valence-electron chi connectivity index (χ3n) is 8.45. The van der Waals surface area contributed by atoms with Gasteiger partial charge in [0, 0.05) is 29.7 Å². The van der Waals surface area contributed by atoms with Crippen molar-refractivity contribution in [1.29, 1.82) is 0 Å². The van der Waals surface area contributed by atoms with Gasteiger partial charge in [0.25, 0.3) is 0 Å². The summed E-state index contributed by atoms with van der Waals surface area (Å²) in [7, 11) is 3.06. The summed E-state index contributed by atoms with van der Waals surface area (Å²) in [6, 6.07) is 11.7. The van der Waals surface area contributed by atoms with E-state index in [1.165, 1.54) is 7.11 Å². The van der Waals surface area contributed by atoms with Crippen molar-refractivity contribution < 1.29 is 28.9 Å². The lowest BCUT2D eigenvalue weighted by Crippen LogP contribution is -2.50. The van der Waals surface area contributed by atoms with Gasteiger partial charge in [-0.05, 0) is 101 Å². The van der Waals surface area contributed by atoms with Crippen LogP contribution in [0.1, 0.15) is 79.5 Å². The number of likely N-dealkylation sites (tertiary alicyclic amines) is 1. The number of nitrogens with zero attached hydrogens (tertiary/aromatic N) is 2. The Morgan fingerprint density at radius 2 is 1.77 bits per heavy atom.